The molecule has 0 spiro atoms. The van der Waals surface area contributed by atoms with Crippen LogP contribution in [0.4, 0.5) is 0 Å². The van der Waals surface area contributed by atoms with Gasteiger partial charge < -0.3 is 9.47 Å². The largest absolute Gasteiger partial charge is 0.336 e. The van der Waals surface area contributed by atoms with Crippen LogP contribution in [0.15, 0.2) is 47.4 Å². The van der Waals surface area contributed by atoms with Crippen molar-refractivity contribution >= 4 is 15.7 Å². The predicted octanol–water partition coefficient (Wildman–Crippen LogP) is 1.64. The third-order valence-corrected chi connectivity index (χ3v) is 6.48. The van der Waals surface area contributed by atoms with Gasteiger partial charge in [0.25, 0.3) is 11.5 Å². The van der Waals surface area contributed by atoms with Crippen LogP contribution < -0.4 is 5.56 Å². The van der Waals surface area contributed by atoms with Gasteiger partial charge in [0.1, 0.15) is 5.56 Å². The summed E-state index contributed by atoms with van der Waals surface area (Å²) in [5, 5.41) is 0. The SMILES string of the molecule is Cc1ccn(C(C)c2ccccc2)c(=O)c1C(=O)N1CCS(=O)(=O)CC1. The topological polar surface area (TPSA) is 76.5 Å². The molecule has 1 fully saturated rings. The van der Waals surface area contributed by atoms with E-state index in [4.69, 9.17) is 0 Å². The monoisotopic (exact) mass is 374 g/mol. The van der Waals surface area contributed by atoms with Gasteiger partial charge in [0.05, 0.1) is 17.5 Å². The molecule has 0 radical (unpaired) electrons. The zero-order chi connectivity index (χ0) is 18.9. The number of nitrogens with zero attached hydrogens (tertiary/aromatic N) is 2. The molecule has 1 aliphatic rings. The van der Waals surface area contributed by atoms with Crippen LogP contribution in [-0.4, -0.2) is 48.4 Å². The van der Waals surface area contributed by atoms with E-state index in [0.29, 0.717) is 5.56 Å². The molecule has 7 heteroatoms. The molecule has 0 bridgehead atoms. The minimum Gasteiger partial charge on any atom is -0.336 e. The molecule has 26 heavy (non-hydrogen) atoms. The van der Waals surface area contributed by atoms with Gasteiger partial charge in [0.15, 0.2) is 9.84 Å². The maximum Gasteiger partial charge on any atom is 0.264 e. The quantitative estimate of drug-likeness (QED) is 0.818. The first-order valence-corrected chi connectivity index (χ1v) is 10.4. The molecule has 1 unspecified atom stereocenters. The van der Waals surface area contributed by atoms with E-state index in [9.17, 15) is 18.0 Å². The summed E-state index contributed by atoms with van der Waals surface area (Å²) in [6.45, 7) is 3.90. The molecule has 0 N–H and O–H groups in total. The van der Waals surface area contributed by atoms with Crippen molar-refractivity contribution in [1.29, 1.82) is 0 Å². The highest BCUT2D eigenvalue weighted by molar-refractivity contribution is 7.91. The van der Waals surface area contributed by atoms with E-state index in [1.165, 1.54) is 4.90 Å². The number of carbonyl (C=O) groups excluding carboxylic acids is 1. The fraction of sp³-hybridized carbons (Fsp3) is 0.368. The molecule has 2 aromatic rings. The lowest BCUT2D eigenvalue weighted by Crippen LogP contribution is -2.46. The van der Waals surface area contributed by atoms with Gasteiger partial charge in [-0.2, -0.15) is 0 Å². The maximum atomic E-state index is 13.0. The van der Waals surface area contributed by atoms with Gasteiger partial charge in [-0.1, -0.05) is 30.3 Å². The van der Waals surface area contributed by atoms with Gasteiger partial charge in [0, 0.05) is 19.3 Å². The van der Waals surface area contributed by atoms with Crippen LogP contribution in [0.5, 0.6) is 0 Å². The number of hydrogen-bond acceptors (Lipinski definition) is 4. The summed E-state index contributed by atoms with van der Waals surface area (Å²) in [4.78, 5) is 27.4. The van der Waals surface area contributed by atoms with E-state index in [0.717, 1.165) is 5.56 Å². The summed E-state index contributed by atoms with van der Waals surface area (Å²) >= 11 is 0. The molecule has 2 heterocycles. The van der Waals surface area contributed by atoms with Crippen molar-refractivity contribution in [3.63, 3.8) is 0 Å². The first kappa shape index (κ1) is 18.4. The Morgan fingerprint density at radius 2 is 1.69 bits per heavy atom. The van der Waals surface area contributed by atoms with Crippen molar-refractivity contribution in [2.24, 2.45) is 0 Å². The van der Waals surface area contributed by atoms with Crippen molar-refractivity contribution in [3.05, 3.63) is 69.6 Å². The molecule has 1 atom stereocenters. The van der Waals surface area contributed by atoms with Crippen LogP contribution >= 0.6 is 0 Å². The van der Waals surface area contributed by atoms with Crippen LogP contribution in [0.3, 0.4) is 0 Å². The highest BCUT2D eigenvalue weighted by atomic mass is 32.2. The number of pyridine rings is 1. The molecule has 6 nitrogen and oxygen atoms in total. The van der Waals surface area contributed by atoms with E-state index in [1.807, 2.05) is 37.3 Å². The lowest BCUT2D eigenvalue weighted by molar-refractivity contribution is 0.0767. The van der Waals surface area contributed by atoms with E-state index in [2.05, 4.69) is 0 Å². The molecule has 0 saturated carbocycles. The Kier molecular flexibility index (Phi) is 5.00. The zero-order valence-electron chi connectivity index (χ0n) is 14.9. The number of sulfone groups is 1. The average molecular weight is 374 g/mol. The first-order valence-electron chi connectivity index (χ1n) is 8.56. The Labute approximate surface area is 153 Å². The average Bonchev–Trinajstić information content (AvgIpc) is 2.62. The number of aryl methyl sites for hydroxylation is 1. The molecule has 1 aromatic heterocycles. The molecular formula is C19H22N2O4S. The Hall–Kier alpha value is -2.41. The van der Waals surface area contributed by atoms with Crippen molar-refractivity contribution in [1.82, 2.24) is 9.47 Å². The lowest BCUT2D eigenvalue weighted by Gasteiger charge is -2.27. The predicted molar refractivity (Wildman–Crippen MR) is 100 cm³/mol. The molecule has 1 aromatic carbocycles. The van der Waals surface area contributed by atoms with Gasteiger partial charge in [-0.05, 0) is 31.0 Å². The third-order valence-electron chi connectivity index (χ3n) is 4.87. The van der Waals surface area contributed by atoms with E-state index >= 15 is 0 Å². The molecule has 0 aliphatic carbocycles. The molecule has 3 rings (SSSR count). The Morgan fingerprint density at radius 1 is 1.08 bits per heavy atom. The molecule has 1 amide bonds. The summed E-state index contributed by atoms with van der Waals surface area (Å²) < 4.78 is 24.7. The Bertz CT molecular complexity index is 966. The second-order valence-corrected chi connectivity index (χ2v) is 8.92. The van der Waals surface area contributed by atoms with Crippen LogP contribution in [-0.2, 0) is 9.84 Å². The Balaban J connectivity index is 1.96. The van der Waals surface area contributed by atoms with E-state index in [-0.39, 0.29) is 41.8 Å². The van der Waals surface area contributed by atoms with Crippen LogP contribution in [0.25, 0.3) is 0 Å². The van der Waals surface area contributed by atoms with Gasteiger partial charge in [0.2, 0.25) is 0 Å². The number of benzene rings is 1. The normalized spacial score (nSPS) is 17.7. The van der Waals surface area contributed by atoms with Crippen molar-refractivity contribution < 1.29 is 13.2 Å². The van der Waals surface area contributed by atoms with Crippen LogP contribution in [0.2, 0.25) is 0 Å². The number of hydrogen-bond donors (Lipinski definition) is 0. The molecular weight excluding hydrogens is 352 g/mol. The zero-order valence-corrected chi connectivity index (χ0v) is 15.7. The summed E-state index contributed by atoms with van der Waals surface area (Å²) in [5.41, 5.74) is 1.35. The Morgan fingerprint density at radius 3 is 2.31 bits per heavy atom. The van der Waals surface area contributed by atoms with Gasteiger partial charge >= 0.3 is 0 Å². The molecule has 1 aliphatic heterocycles. The highest BCUT2D eigenvalue weighted by Crippen LogP contribution is 2.17. The van der Waals surface area contributed by atoms with E-state index in [1.54, 1.807) is 23.8 Å². The maximum absolute atomic E-state index is 13.0. The summed E-state index contributed by atoms with van der Waals surface area (Å²) in [5.74, 6) is -0.504. The van der Waals surface area contributed by atoms with Gasteiger partial charge in [-0.25, -0.2) is 8.42 Å². The fourth-order valence-corrected chi connectivity index (χ4v) is 4.37. The van der Waals surface area contributed by atoms with Crippen molar-refractivity contribution in [2.75, 3.05) is 24.6 Å². The number of rotatable bonds is 3. The summed E-state index contributed by atoms with van der Waals surface area (Å²) in [7, 11) is -3.09. The fourth-order valence-electron chi connectivity index (χ4n) is 3.17. The third kappa shape index (κ3) is 3.58. The van der Waals surface area contributed by atoms with Crippen molar-refractivity contribution in [2.45, 2.75) is 19.9 Å². The van der Waals surface area contributed by atoms with Gasteiger partial charge in [-0.3, -0.25) is 9.59 Å². The summed E-state index contributed by atoms with van der Waals surface area (Å²) in [6, 6.07) is 11.2. The lowest BCUT2D eigenvalue weighted by atomic mass is 10.1. The minimum atomic E-state index is -3.09. The molecule has 1 saturated heterocycles. The van der Waals surface area contributed by atoms with E-state index < -0.39 is 15.7 Å². The molecule has 138 valence electrons. The summed E-state index contributed by atoms with van der Waals surface area (Å²) in [6.07, 6.45) is 1.70. The number of aromatic nitrogens is 1. The standard InChI is InChI=1S/C19H22N2O4S/c1-14-8-9-21(15(2)16-6-4-3-5-7-16)19(23)17(14)18(22)20-10-12-26(24,25)13-11-20/h3-9,15H,10-13H2,1-2H3. The van der Waals surface area contributed by atoms with Crippen LogP contribution in [0, 0.1) is 6.92 Å². The number of amides is 1. The van der Waals surface area contributed by atoms with Gasteiger partial charge in [-0.15, -0.1) is 0 Å². The smallest absolute Gasteiger partial charge is 0.264 e. The number of carbonyl (C=O) groups is 1. The van der Waals surface area contributed by atoms with Crippen molar-refractivity contribution in [3.8, 4) is 0 Å². The highest BCUT2D eigenvalue weighted by Gasteiger charge is 2.28. The van der Waals surface area contributed by atoms with Crippen LogP contribution in [0.1, 0.15) is 34.5 Å². The first-order chi connectivity index (χ1) is 12.3. The second-order valence-electron chi connectivity index (χ2n) is 6.62. The minimum absolute atomic E-state index is 0.0563. The second kappa shape index (κ2) is 7.07.